The third-order valence-electron chi connectivity index (χ3n) is 3.86. The van der Waals surface area contributed by atoms with Crippen LogP contribution in [0.1, 0.15) is 25.3 Å². The molecule has 0 spiro atoms. The van der Waals surface area contributed by atoms with E-state index < -0.39 is 5.54 Å². The Bertz CT molecular complexity index is 722. The van der Waals surface area contributed by atoms with Gasteiger partial charge in [0.2, 0.25) is 11.8 Å². The van der Waals surface area contributed by atoms with Crippen molar-refractivity contribution in [2.75, 3.05) is 6.61 Å². The van der Waals surface area contributed by atoms with Crippen LogP contribution in [0.15, 0.2) is 42.6 Å². The van der Waals surface area contributed by atoms with E-state index in [9.17, 15) is 4.79 Å². The van der Waals surface area contributed by atoms with E-state index in [-0.39, 0.29) is 30.7 Å². The van der Waals surface area contributed by atoms with Crippen molar-refractivity contribution in [1.82, 2.24) is 10.3 Å². The minimum atomic E-state index is -0.653. The van der Waals surface area contributed by atoms with Crippen molar-refractivity contribution in [3.63, 3.8) is 0 Å². The highest BCUT2D eigenvalue weighted by atomic mass is 35.5. The standard InChI is InChI=1S/C18H21N3O3.2ClH/c1-2-23-14-5-3-4-6-15(14)24-16-8-7-13(11-20-16)12-21-17(22)18(19)9-10-18;;/h3-8,11H,2,9-10,12,19H2,1H3,(H,21,22);2*1H. The topological polar surface area (TPSA) is 86.5 Å². The molecule has 6 nitrogen and oxygen atoms in total. The molecule has 1 aromatic carbocycles. The monoisotopic (exact) mass is 399 g/mol. The summed E-state index contributed by atoms with van der Waals surface area (Å²) in [4.78, 5) is 16.1. The van der Waals surface area contributed by atoms with Crippen LogP contribution < -0.4 is 20.5 Å². The molecule has 26 heavy (non-hydrogen) atoms. The highest BCUT2D eigenvalue weighted by Gasteiger charge is 2.45. The normalized spacial score (nSPS) is 13.6. The number of aromatic nitrogens is 1. The largest absolute Gasteiger partial charge is 0.490 e. The van der Waals surface area contributed by atoms with Crippen LogP contribution in [0, 0.1) is 0 Å². The molecule has 0 aliphatic heterocycles. The van der Waals surface area contributed by atoms with Crippen LogP contribution >= 0.6 is 24.8 Å². The Morgan fingerprint density at radius 1 is 1.19 bits per heavy atom. The number of hydrogen-bond donors (Lipinski definition) is 2. The molecule has 0 atom stereocenters. The molecule has 0 radical (unpaired) electrons. The van der Waals surface area contributed by atoms with E-state index in [2.05, 4.69) is 10.3 Å². The lowest BCUT2D eigenvalue weighted by atomic mass is 10.2. The fourth-order valence-electron chi connectivity index (χ4n) is 2.22. The van der Waals surface area contributed by atoms with Crippen LogP contribution in [0.25, 0.3) is 0 Å². The van der Waals surface area contributed by atoms with Crippen LogP contribution in [-0.4, -0.2) is 23.0 Å². The number of benzene rings is 1. The van der Waals surface area contributed by atoms with Gasteiger partial charge in [0.1, 0.15) is 0 Å². The van der Waals surface area contributed by atoms with E-state index in [0.29, 0.717) is 30.5 Å². The van der Waals surface area contributed by atoms with Gasteiger partial charge in [-0.2, -0.15) is 0 Å². The molecule has 0 saturated heterocycles. The van der Waals surface area contributed by atoms with Gasteiger partial charge >= 0.3 is 0 Å². The summed E-state index contributed by atoms with van der Waals surface area (Å²) in [6.07, 6.45) is 3.18. The molecule has 1 aliphatic carbocycles. The maximum atomic E-state index is 11.8. The molecule has 1 saturated carbocycles. The Morgan fingerprint density at radius 2 is 1.88 bits per heavy atom. The number of pyridine rings is 1. The number of carbonyl (C=O) groups is 1. The number of nitrogens with two attached hydrogens (primary N) is 1. The highest BCUT2D eigenvalue weighted by Crippen LogP contribution is 2.32. The number of nitrogens with one attached hydrogen (secondary N) is 1. The van der Waals surface area contributed by atoms with E-state index in [0.717, 1.165) is 18.4 Å². The predicted molar refractivity (Wildman–Crippen MR) is 104 cm³/mol. The zero-order chi connectivity index (χ0) is 17.0. The maximum Gasteiger partial charge on any atom is 0.240 e. The summed E-state index contributed by atoms with van der Waals surface area (Å²) in [5.74, 6) is 1.66. The number of ether oxygens (including phenoxy) is 2. The minimum Gasteiger partial charge on any atom is -0.490 e. The second-order valence-electron chi connectivity index (χ2n) is 5.83. The number of rotatable bonds is 7. The van der Waals surface area contributed by atoms with Gasteiger partial charge in [0.15, 0.2) is 11.5 Å². The first kappa shape index (κ1) is 22.0. The Labute approximate surface area is 165 Å². The van der Waals surface area contributed by atoms with E-state index in [1.807, 2.05) is 37.3 Å². The molecule has 3 rings (SSSR count). The molecule has 1 aliphatic rings. The van der Waals surface area contributed by atoms with Crippen LogP contribution in [0.2, 0.25) is 0 Å². The van der Waals surface area contributed by atoms with Crippen molar-refractivity contribution < 1.29 is 14.3 Å². The first-order chi connectivity index (χ1) is 11.6. The minimum absolute atomic E-state index is 0. The van der Waals surface area contributed by atoms with Crippen molar-refractivity contribution in [2.24, 2.45) is 5.73 Å². The number of halogens is 2. The molecule has 1 heterocycles. The van der Waals surface area contributed by atoms with Gasteiger partial charge in [-0.15, -0.1) is 24.8 Å². The van der Waals surface area contributed by atoms with Crippen LogP contribution in [-0.2, 0) is 11.3 Å². The molecule has 1 fully saturated rings. The van der Waals surface area contributed by atoms with Gasteiger partial charge in [0.25, 0.3) is 0 Å². The molecule has 1 amide bonds. The predicted octanol–water partition coefficient (Wildman–Crippen LogP) is 3.22. The van der Waals surface area contributed by atoms with Crippen molar-refractivity contribution in [1.29, 1.82) is 0 Å². The number of amides is 1. The van der Waals surface area contributed by atoms with Crippen molar-refractivity contribution in [3.05, 3.63) is 48.2 Å². The zero-order valence-corrected chi connectivity index (χ0v) is 16.1. The third-order valence-corrected chi connectivity index (χ3v) is 3.86. The smallest absolute Gasteiger partial charge is 0.240 e. The lowest BCUT2D eigenvalue weighted by Crippen LogP contribution is -2.42. The molecular formula is C18H23Cl2N3O3. The summed E-state index contributed by atoms with van der Waals surface area (Å²) < 4.78 is 11.3. The average Bonchev–Trinajstić information content (AvgIpc) is 3.35. The Balaban J connectivity index is 0.00000169. The Hall–Kier alpha value is -2.02. The fraction of sp³-hybridized carbons (Fsp3) is 0.333. The van der Waals surface area contributed by atoms with Gasteiger partial charge in [0.05, 0.1) is 12.1 Å². The average molecular weight is 400 g/mol. The first-order valence-electron chi connectivity index (χ1n) is 8.02. The third kappa shape index (κ3) is 5.49. The molecular weight excluding hydrogens is 377 g/mol. The number of para-hydroxylation sites is 2. The second kappa shape index (κ2) is 9.62. The molecule has 142 valence electrons. The lowest BCUT2D eigenvalue weighted by Gasteiger charge is -2.12. The first-order valence-corrected chi connectivity index (χ1v) is 8.02. The summed E-state index contributed by atoms with van der Waals surface area (Å²) in [5, 5.41) is 2.83. The van der Waals surface area contributed by atoms with E-state index in [1.54, 1.807) is 12.3 Å². The van der Waals surface area contributed by atoms with Gasteiger partial charge < -0.3 is 20.5 Å². The van der Waals surface area contributed by atoms with Gasteiger partial charge in [-0.1, -0.05) is 18.2 Å². The molecule has 1 aromatic heterocycles. The van der Waals surface area contributed by atoms with E-state index in [4.69, 9.17) is 15.2 Å². The summed E-state index contributed by atoms with van der Waals surface area (Å²) in [6, 6.07) is 11.1. The maximum absolute atomic E-state index is 11.8. The summed E-state index contributed by atoms with van der Waals surface area (Å²) in [5.41, 5.74) is 6.08. The summed E-state index contributed by atoms with van der Waals surface area (Å²) in [7, 11) is 0. The van der Waals surface area contributed by atoms with Gasteiger partial charge in [0, 0.05) is 18.8 Å². The summed E-state index contributed by atoms with van der Waals surface area (Å²) in [6.45, 7) is 2.89. The number of carbonyl (C=O) groups excluding carboxylic acids is 1. The van der Waals surface area contributed by atoms with Crippen molar-refractivity contribution >= 4 is 30.7 Å². The number of nitrogens with zero attached hydrogens (tertiary/aromatic N) is 1. The molecule has 2 aromatic rings. The highest BCUT2D eigenvalue weighted by molar-refractivity contribution is 5.88. The van der Waals surface area contributed by atoms with Crippen LogP contribution in [0.4, 0.5) is 0 Å². The quantitative estimate of drug-likeness (QED) is 0.745. The van der Waals surface area contributed by atoms with Gasteiger partial charge in [-0.05, 0) is 37.5 Å². The fourth-order valence-corrected chi connectivity index (χ4v) is 2.22. The van der Waals surface area contributed by atoms with Crippen LogP contribution in [0.3, 0.4) is 0 Å². The van der Waals surface area contributed by atoms with Crippen LogP contribution in [0.5, 0.6) is 17.4 Å². The SMILES string of the molecule is CCOc1ccccc1Oc1ccc(CNC(=O)C2(N)CC2)cn1.Cl.Cl. The van der Waals surface area contributed by atoms with Gasteiger partial charge in [-0.25, -0.2) is 4.98 Å². The van der Waals surface area contributed by atoms with E-state index >= 15 is 0 Å². The van der Waals surface area contributed by atoms with Crippen molar-refractivity contribution in [2.45, 2.75) is 31.8 Å². The van der Waals surface area contributed by atoms with E-state index in [1.165, 1.54) is 0 Å². The second-order valence-corrected chi connectivity index (χ2v) is 5.83. The van der Waals surface area contributed by atoms with Crippen molar-refractivity contribution in [3.8, 4) is 17.4 Å². The zero-order valence-electron chi connectivity index (χ0n) is 14.4. The Morgan fingerprint density at radius 3 is 2.46 bits per heavy atom. The molecule has 3 N–H and O–H groups in total. The Kier molecular flexibility index (Phi) is 8.14. The molecule has 0 bridgehead atoms. The number of hydrogen-bond acceptors (Lipinski definition) is 5. The lowest BCUT2D eigenvalue weighted by molar-refractivity contribution is -0.123. The van der Waals surface area contributed by atoms with Gasteiger partial charge in [-0.3, -0.25) is 4.79 Å². The molecule has 0 unspecified atom stereocenters. The molecule has 8 heteroatoms. The summed E-state index contributed by atoms with van der Waals surface area (Å²) >= 11 is 0.